The Labute approximate surface area is 171 Å². The number of carbonyl (C=O) groups is 1. The minimum Gasteiger partial charge on any atom is -0.356 e. The Morgan fingerprint density at radius 3 is 2.60 bits per heavy atom. The van der Waals surface area contributed by atoms with Crippen LogP contribution in [0.4, 0.5) is 0 Å². The van der Waals surface area contributed by atoms with Crippen LogP contribution in [0.15, 0.2) is 10.4 Å². The standard InChI is InChI=1S/C17H29N5OS.HI/c1-12(2)14-11-24-15(22-14)10-21-17(18-3)20-9-5-8-19-16(23)13-6-4-7-13;/h11-13H,4-10H2,1-3H3,(H,19,23)(H2,18,20,21);1H. The third-order valence-corrected chi connectivity index (χ3v) is 5.08. The van der Waals surface area contributed by atoms with Gasteiger partial charge in [0.25, 0.3) is 0 Å². The molecule has 1 fully saturated rings. The number of nitrogens with one attached hydrogen (secondary N) is 3. The summed E-state index contributed by atoms with van der Waals surface area (Å²) >= 11 is 1.67. The Morgan fingerprint density at radius 2 is 2.04 bits per heavy atom. The van der Waals surface area contributed by atoms with E-state index in [1.54, 1.807) is 18.4 Å². The van der Waals surface area contributed by atoms with Crippen molar-refractivity contribution >= 4 is 47.2 Å². The first-order valence-corrected chi connectivity index (χ1v) is 9.64. The molecule has 0 aliphatic heterocycles. The Bertz CT molecular complexity index is 557. The van der Waals surface area contributed by atoms with Gasteiger partial charge in [0.2, 0.25) is 5.91 Å². The first-order chi connectivity index (χ1) is 11.6. The normalized spacial score (nSPS) is 14.6. The van der Waals surface area contributed by atoms with Crippen LogP contribution < -0.4 is 16.0 Å². The van der Waals surface area contributed by atoms with E-state index in [0.717, 1.165) is 42.5 Å². The molecule has 0 saturated heterocycles. The molecule has 1 amide bonds. The highest BCUT2D eigenvalue weighted by Gasteiger charge is 2.24. The highest BCUT2D eigenvalue weighted by molar-refractivity contribution is 14.0. The lowest BCUT2D eigenvalue weighted by Crippen LogP contribution is -2.39. The summed E-state index contributed by atoms with van der Waals surface area (Å²) in [7, 11) is 1.76. The molecule has 8 heteroatoms. The predicted octanol–water partition coefficient (Wildman–Crippen LogP) is 2.86. The largest absolute Gasteiger partial charge is 0.356 e. The van der Waals surface area contributed by atoms with Crippen molar-refractivity contribution in [3.8, 4) is 0 Å². The fraction of sp³-hybridized carbons (Fsp3) is 0.706. The molecule has 1 aromatic rings. The molecule has 0 aromatic carbocycles. The second kappa shape index (κ2) is 11.7. The van der Waals surface area contributed by atoms with Crippen LogP contribution in [0, 0.1) is 5.92 Å². The first-order valence-electron chi connectivity index (χ1n) is 8.76. The molecule has 1 saturated carbocycles. The predicted molar refractivity (Wildman–Crippen MR) is 115 cm³/mol. The van der Waals surface area contributed by atoms with Crippen molar-refractivity contribution < 1.29 is 4.79 Å². The Balaban J connectivity index is 0.00000312. The molecule has 0 atom stereocenters. The number of hydrogen-bond acceptors (Lipinski definition) is 4. The molecule has 1 heterocycles. The fourth-order valence-electron chi connectivity index (χ4n) is 2.37. The van der Waals surface area contributed by atoms with Crippen LogP contribution in [0.2, 0.25) is 0 Å². The van der Waals surface area contributed by atoms with E-state index in [4.69, 9.17) is 0 Å². The van der Waals surface area contributed by atoms with Gasteiger partial charge in [-0.25, -0.2) is 4.98 Å². The van der Waals surface area contributed by atoms with Crippen LogP contribution in [-0.4, -0.2) is 37.0 Å². The summed E-state index contributed by atoms with van der Waals surface area (Å²) < 4.78 is 0. The van der Waals surface area contributed by atoms with E-state index >= 15 is 0 Å². The molecule has 6 nitrogen and oxygen atoms in total. The number of thiazole rings is 1. The average Bonchev–Trinajstić information content (AvgIpc) is 2.97. The van der Waals surface area contributed by atoms with E-state index < -0.39 is 0 Å². The van der Waals surface area contributed by atoms with E-state index in [0.29, 0.717) is 19.0 Å². The average molecular weight is 479 g/mol. The Kier molecular flexibility index (Phi) is 10.3. The number of carbonyl (C=O) groups excluding carboxylic acids is 1. The number of nitrogens with zero attached hydrogens (tertiary/aromatic N) is 2. The molecular formula is C17H30IN5OS. The zero-order valence-corrected chi connectivity index (χ0v) is 18.4. The highest BCUT2D eigenvalue weighted by atomic mass is 127. The van der Waals surface area contributed by atoms with Crippen molar-refractivity contribution in [2.75, 3.05) is 20.1 Å². The third-order valence-electron chi connectivity index (χ3n) is 4.21. The third kappa shape index (κ3) is 7.47. The maximum Gasteiger partial charge on any atom is 0.223 e. The van der Waals surface area contributed by atoms with Gasteiger partial charge in [0.15, 0.2) is 5.96 Å². The molecule has 0 radical (unpaired) electrons. The molecule has 1 aromatic heterocycles. The topological polar surface area (TPSA) is 78.4 Å². The van der Waals surface area contributed by atoms with Crippen molar-refractivity contribution in [1.82, 2.24) is 20.9 Å². The van der Waals surface area contributed by atoms with Crippen molar-refractivity contribution in [2.45, 2.75) is 52.0 Å². The summed E-state index contributed by atoms with van der Waals surface area (Å²) in [4.78, 5) is 20.5. The Morgan fingerprint density at radius 1 is 1.32 bits per heavy atom. The van der Waals surface area contributed by atoms with Gasteiger partial charge in [0.05, 0.1) is 12.2 Å². The molecular weight excluding hydrogens is 449 g/mol. The molecule has 3 N–H and O–H groups in total. The van der Waals surface area contributed by atoms with Gasteiger partial charge in [-0.05, 0) is 25.2 Å². The lowest BCUT2D eigenvalue weighted by Gasteiger charge is -2.24. The fourth-order valence-corrected chi connectivity index (χ4v) is 3.27. The molecule has 25 heavy (non-hydrogen) atoms. The molecule has 1 aliphatic rings. The molecule has 1 aliphatic carbocycles. The number of rotatable bonds is 8. The quantitative estimate of drug-likeness (QED) is 0.232. The molecule has 0 unspecified atom stereocenters. The molecule has 0 bridgehead atoms. The number of hydrogen-bond donors (Lipinski definition) is 3. The van der Waals surface area contributed by atoms with Crippen LogP contribution >= 0.6 is 35.3 Å². The van der Waals surface area contributed by atoms with Crippen molar-refractivity contribution in [1.29, 1.82) is 0 Å². The van der Waals surface area contributed by atoms with E-state index in [-0.39, 0.29) is 35.8 Å². The first kappa shape index (κ1) is 22.1. The smallest absolute Gasteiger partial charge is 0.223 e. The zero-order valence-electron chi connectivity index (χ0n) is 15.3. The van der Waals surface area contributed by atoms with Gasteiger partial charge in [-0.3, -0.25) is 9.79 Å². The van der Waals surface area contributed by atoms with Crippen molar-refractivity contribution in [3.63, 3.8) is 0 Å². The maximum atomic E-state index is 11.7. The minimum atomic E-state index is 0. The van der Waals surface area contributed by atoms with E-state index in [2.05, 4.69) is 45.2 Å². The number of amides is 1. The Hall–Kier alpha value is -0.900. The van der Waals surface area contributed by atoms with Crippen LogP contribution in [-0.2, 0) is 11.3 Å². The van der Waals surface area contributed by atoms with Crippen LogP contribution in [0.1, 0.15) is 56.2 Å². The van der Waals surface area contributed by atoms with Gasteiger partial charge >= 0.3 is 0 Å². The van der Waals surface area contributed by atoms with Gasteiger partial charge in [-0.1, -0.05) is 20.3 Å². The number of guanidine groups is 1. The summed E-state index contributed by atoms with van der Waals surface area (Å²) in [6.45, 7) is 6.46. The van der Waals surface area contributed by atoms with E-state index in [9.17, 15) is 4.79 Å². The summed E-state index contributed by atoms with van der Waals surface area (Å²) in [5.74, 6) is 1.71. The number of aromatic nitrogens is 1. The summed E-state index contributed by atoms with van der Waals surface area (Å²) in [5.41, 5.74) is 1.14. The monoisotopic (exact) mass is 479 g/mol. The van der Waals surface area contributed by atoms with Gasteiger partial charge in [-0.2, -0.15) is 0 Å². The van der Waals surface area contributed by atoms with Gasteiger partial charge in [0, 0.05) is 31.4 Å². The van der Waals surface area contributed by atoms with Gasteiger partial charge in [-0.15, -0.1) is 35.3 Å². The summed E-state index contributed by atoms with van der Waals surface area (Å²) in [5, 5.41) is 12.7. The lowest BCUT2D eigenvalue weighted by molar-refractivity contribution is -0.127. The van der Waals surface area contributed by atoms with E-state index in [1.807, 2.05) is 0 Å². The van der Waals surface area contributed by atoms with Gasteiger partial charge < -0.3 is 16.0 Å². The summed E-state index contributed by atoms with van der Waals surface area (Å²) in [6.07, 6.45) is 4.18. The second-order valence-corrected chi connectivity index (χ2v) is 7.39. The summed E-state index contributed by atoms with van der Waals surface area (Å²) in [6, 6.07) is 0. The second-order valence-electron chi connectivity index (χ2n) is 6.45. The lowest BCUT2D eigenvalue weighted by atomic mass is 9.85. The molecule has 142 valence electrons. The number of aliphatic imine (C=N–C) groups is 1. The molecule has 0 spiro atoms. The van der Waals surface area contributed by atoms with Crippen molar-refractivity contribution in [3.05, 3.63) is 16.1 Å². The van der Waals surface area contributed by atoms with Crippen LogP contribution in [0.5, 0.6) is 0 Å². The SMILES string of the molecule is CN=C(NCCCNC(=O)C1CCC1)NCc1nc(C(C)C)cs1.I. The van der Waals surface area contributed by atoms with Crippen LogP contribution in [0.3, 0.4) is 0 Å². The molecule has 2 rings (SSSR count). The van der Waals surface area contributed by atoms with Crippen LogP contribution in [0.25, 0.3) is 0 Å². The zero-order chi connectivity index (χ0) is 17.4. The van der Waals surface area contributed by atoms with Gasteiger partial charge in [0.1, 0.15) is 5.01 Å². The highest BCUT2D eigenvalue weighted by Crippen LogP contribution is 2.26. The maximum absolute atomic E-state index is 11.7. The minimum absolute atomic E-state index is 0. The van der Waals surface area contributed by atoms with E-state index in [1.165, 1.54) is 6.42 Å². The number of halogens is 1. The van der Waals surface area contributed by atoms with Crippen molar-refractivity contribution in [2.24, 2.45) is 10.9 Å².